The van der Waals surface area contributed by atoms with Gasteiger partial charge >= 0.3 is 6.18 Å². The zero-order valence-electron chi connectivity index (χ0n) is 12.3. The number of amides is 3. The number of hydrazine groups is 1. The first-order valence-corrected chi connectivity index (χ1v) is 7.51. The molecule has 4 aliphatic carbocycles. The molecule has 4 saturated carbocycles. The molecule has 0 unspecified atom stereocenters. The number of hydrogen-bond donors (Lipinski definition) is 3. The normalized spacial score (nSPS) is 37.7. The summed E-state index contributed by atoms with van der Waals surface area (Å²) in [5, 5.41) is 0. The number of carbonyl (C=O) groups excluding carboxylic acids is 3. The van der Waals surface area contributed by atoms with Crippen molar-refractivity contribution in [1.29, 1.82) is 0 Å². The summed E-state index contributed by atoms with van der Waals surface area (Å²) in [5.41, 5.74) is 8.94. The predicted molar refractivity (Wildman–Crippen MR) is 71.1 cm³/mol. The van der Waals surface area contributed by atoms with Crippen LogP contribution in [0.4, 0.5) is 13.2 Å². The molecule has 0 atom stereocenters. The lowest BCUT2D eigenvalue weighted by Crippen LogP contribution is -2.69. The average Bonchev–Trinajstić information content (AvgIpc) is 2.24. The van der Waals surface area contributed by atoms with Crippen molar-refractivity contribution in [2.45, 2.75) is 44.7 Å². The van der Waals surface area contributed by atoms with E-state index in [9.17, 15) is 27.6 Å². The Labute approximate surface area is 130 Å². The minimum absolute atomic E-state index is 0.166. The van der Waals surface area contributed by atoms with E-state index >= 15 is 0 Å². The summed E-state index contributed by atoms with van der Waals surface area (Å²) in [7, 11) is 0. The second kappa shape index (κ2) is 4.85. The maximum atomic E-state index is 12.4. The molecule has 3 amide bonds. The van der Waals surface area contributed by atoms with Gasteiger partial charge < -0.3 is 5.73 Å². The third-order valence-electron chi connectivity index (χ3n) is 5.44. The van der Waals surface area contributed by atoms with Crippen LogP contribution in [0.25, 0.3) is 0 Å². The number of halogens is 3. The van der Waals surface area contributed by atoms with E-state index < -0.39 is 35.2 Å². The highest BCUT2D eigenvalue weighted by Gasteiger charge is 2.71. The standard InChI is InChI=1S/C14H18F3N3O3/c15-14(16,17)8-1-7(2-8)10(22)19-20-11(23)13-4-12(5-13,6-13)3-9(18)21/h7-8H,1-6H2,(H2,18,21)(H,19,22)(H,20,23). The molecule has 2 bridgehead atoms. The van der Waals surface area contributed by atoms with Crippen LogP contribution in [-0.2, 0) is 14.4 Å². The highest BCUT2D eigenvalue weighted by atomic mass is 19.4. The fraction of sp³-hybridized carbons (Fsp3) is 0.786. The Morgan fingerprint density at radius 3 is 2.13 bits per heavy atom. The molecule has 0 aromatic heterocycles. The SMILES string of the molecule is NC(=O)CC12CC(C(=O)NNC(=O)C3CC(C(F)(F)F)C3)(C1)C2. The van der Waals surface area contributed by atoms with Gasteiger partial charge in [-0.05, 0) is 37.5 Å². The predicted octanol–water partition coefficient (Wildman–Crippen LogP) is 0.768. The van der Waals surface area contributed by atoms with Crippen LogP contribution in [-0.4, -0.2) is 23.9 Å². The van der Waals surface area contributed by atoms with Gasteiger partial charge in [0.25, 0.3) is 0 Å². The van der Waals surface area contributed by atoms with E-state index in [2.05, 4.69) is 10.9 Å². The molecule has 4 fully saturated rings. The van der Waals surface area contributed by atoms with Crippen LogP contribution in [0.3, 0.4) is 0 Å². The molecule has 128 valence electrons. The second-order valence-corrected chi connectivity index (χ2v) is 7.30. The third-order valence-corrected chi connectivity index (χ3v) is 5.44. The summed E-state index contributed by atoms with van der Waals surface area (Å²) in [6, 6.07) is 0. The lowest BCUT2D eigenvalue weighted by atomic mass is 9.34. The zero-order valence-corrected chi connectivity index (χ0v) is 12.3. The fourth-order valence-electron chi connectivity index (χ4n) is 4.25. The molecule has 23 heavy (non-hydrogen) atoms. The topological polar surface area (TPSA) is 101 Å². The van der Waals surface area contributed by atoms with Crippen LogP contribution in [0.15, 0.2) is 0 Å². The molecule has 4 rings (SSSR count). The zero-order chi connectivity index (χ0) is 17.0. The van der Waals surface area contributed by atoms with Crippen LogP contribution in [0.2, 0.25) is 0 Å². The van der Waals surface area contributed by atoms with Gasteiger partial charge in [0, 0.05) is 12.3 Å². The molecule has 0 aromatic rings. The van der Waals surface area contributed by atoms with Crippen LogP contribution in [0, 0.1) is 22.7 Å². The smallest absolute Gasteiger partial charge is 0.370 e. The second-order valence-electron chi connectivity index (χ2n) is 7.30. The monoisotopic (exact) mass is 333 g/mol. The molecule has 0 aromatic carbocycles. The highest BCUT2D eigenvalue weighted by Crippen LogP contribution is 2.74. The minimum Gasteiger partial charge on any atom is -0.370 e. The Bertz CT molecular complexity index is 550. The Balaban J connectivity index is 1.39. The van der Waals surface area contributed by atoms with E-state index in [4.69, 9.17) is 5.73 Å². The van der Waals surface area contributed by atoms with Crippen molar-refractivity contribution in [2.75, 3.05) is 0 Å². The maximum absolute atomic E-state index is 12.4. The third kappa shape index (κ3) is 2.66. The van der Waals surface area contributed by atoms with Crippen molar-refractivity contribution in [3.8, 4) is 0 Å². The van der Waals surface area contributed by atoms with Gasteiger partial charge in [0.05, 0.1) is 11.3 Å². The van der Waals surface area contributed by atoms with Crippen LogP contribution >= 0.6 is 0 Å². The van der Waals surface area contributed by atoms with Gasteiger partial charge in [0.15, 0.2) is 0 Å². The van der Waals surface area contributed by atoms with E-state index in [0.717, 1.165) is 0 Å². The molecule has 0 radical (unpaired) electrons. The minimum atomic E-state index is -4.26. The molecule has 6 nitrogen and oxygen atoms in total. The summed E-state index contributed by atoms with van der Waals surface area (Å²) < 4.78 is 37.1. The van der Waals surface area contributed by atoms with Crippen molar-refractivity contribution in [1.82, 2.24) is 10.9 Å². The highest BCUT2D eigenvalue weighted by molar-refractivity contribution is 5.90. The van der Waals surface area contributed by atoms with Gasteiger partial charge in [-0.1, -0.05) is 0 Å². The summed E-state index contributed by atoms with van der Waals surface area (Å²) in [5.74, 6) is -3.46. The van der Waals surface area contributed by atoms with Gasteiger partial charge in [-0.3, -0.25) is 25.2 Å². The molecule has 4 N–H and O–H groups in total. The van der Waals surface area contributed by atoms with Crippen LogP contribution in [0.5, 0.6) is 0 Å². The van der Waals surface area contributed by atoms with E-state index in [-0.39, 0.29) is 30.6 Å². The first-order valence-electron chi connectivity index (χ1n) is 7.51. The average molecular weight is 333 g/mol. The Kier molecular flexibility index (Phi) is 3.39. The summed E-state index contributed by atoms with van der Waals surface area (Å²) in [6.07, 6.45) is -2.80. The van der Waals surface area contributed by atoms with Crippen molar-refractivity contribution >= 4 is 17.7 Å². The van der Waals surface area contributed by atoms with Gasteiger partial charge in [0.2, 0.25) is 17.7 Å². The van der Waals surface area contributed by atoms with Crippen molar-refractivity contribution in [3.63, 3.8) is 0 Å². The number of rotatable bonds is 4. The Morgan fingerprint density at radius 1 is 1.09 bits per heavy atom. The van der Waals surface area contributed by atoms with Gasteiger partial charge in [-0.2, -0.15) is 13.2 Å². The van der Waals surface area contributed by atoms with E-state index in [1.165, 1.54) is 0 Å². The van der Waals surface area contributed by atoms with Crippen molar-refractivity contribution in [3.05, 3.63) is 0 Å². The number of primary amides is 1. The lowest BCUT2D eigenvalue weighted by molar-refractivity contribution is -0.211. The molecular formula is C14H18F3N3O3. The number of alkyl halides is 3. The Morgan fingerprint density at radius 2 is 1.65 bits per heavy atom. The number of hydrogen-bond acceptors (Lipinski definition) is 3. The number of nitrogens with two attached hydrogens (primary N) is 1. The van der Waals surface area contributed by atoms with Crippen molar-refractivity contribution in [2.24, 2.45) is 28.4 Å². The number of carbonyl (C=O) groups is 3. The van der Waals surface area contributed by atoms with E-state index in [1.54, 1.807) is 0 Å². The van der Waals surface area contributed by atoms with Gasteiger partial charge in [0.1, 0.15) is 0 Å². The quantitative estimate of drug-likeness (QED) is 0.662. The first-order chi connectivity index (χ1) is 10.6. The van der Waals surface area contributed by atoms with E-state index in [0.29, 0.717) is 19.3 Å². The first kappa shape index (κ1) is 16.1. The molecule has 0 saturated heterocycles. The van der Waals surface area contributed by atoms with Gasteiger partial charge in [-0.15, -0.1) is 0 Å². The largest absolute Gasteiger partial charge is 0.391 e. The van der Waals surface area contributed by atoms with E-state index in [1.807, 2.05) is 0 Å². The molecule has 4 aliphatic rings. The molecule has 0 spiro atoms. The van der Waals surface area contributed by atoms with Gasteiger partial charge in [-0.25, -0.2) is 0 Å². The number of nitrogens with one attached hydrogen (secondary N) is 2. The van der Waals surface area contributed by atoms with Crippen LogP contribution < -0.4 is 16.6 Å². The molecular weight excluding hydrogens is 315 g/mol. The Hall–Kier alpha value is -1.80. The maximum Gasteiger partial charge on any atom is 0.391 e. The van der Waals surface area contributed by atoms with Crippen LogP contribution in [0.1, 0.15) is 38.5 Å². The lowest BCUT2D eigenvalue weighted by Gasteiger charge is -2.69. The molecule has 9 heteroatoms. The summed E-state index contributed by atoms with van der Waals surface area (Å²) in [6.45, 7) is 0. The molecule has 0 heterocycles. The molecule has 0 aliphatic heterocycles. The summed E-state index contributed by atoms with van der Waals surface area (Å²) >= 11 is 0. The van der Waals surface area contributed by atoms with Crippen molar-refractivity contribution < 1.29 is 27.6 Å². The fourth-order valence-corrected chi connectivity index (χ4v) is 4.25. The summed E-state index contributed by atoms with van der Waals surface area (Å²) in [4.78, 5) is 34.7.